The molecule has 0 radical (unpaired) electrons. The lowest BCUT2D eigenvalue weighted by Crippen LogP contribution is -2.35. The fourth-order valence-electron chi connectivity index (χ4n) is 1.53. The van der Waals surface area contributed by atoms with Gasteiger partial charge in [0.15, 0.2) is 0 Å². The zero-order valence-electron chi connectivity index (χ0n) is 10.8. The second-order valence-electron chi connectivity index (χ2n) is 4.28. The SMILES string of the molecule is CCC(C)N(C)C(=O)c1cc(S(=O)(=O)Cl)cn1C. The van der Waals surface area contributed by atoms with E-state index in [4.69, 9.17) is 10.7 Å². The minimum Gasteiger partial charge on any atom is -0.345 e. The molecule has 1 rings (SSSR count). The molecular formula is C11H17ClN2O3S. The zero-order chi connectivity index (χ0) is 14.1. The summed E-state index contributed by atoms with van der Waals surface area (Å²) in [6.45, 7) is 3.91. The zero-order valence-corrected chi connectivity index (χ0v) is 12.4. The summed E-state index contributed by atoms with van der Waals surface area (Å²) in [5, 5.41) is 0. The number of hydrogen-bond donors (Lipinski definition) is 0. The summed E-state index contributed by atoms with van der Waals surface area (Å²) in [5.74, 6) is -0.224. The van der Waals surface area contributed by atoms with Crippen molar-refractivity contribution in [3.05, 3.63) is 18.0 Å². The Morgan fingerprint density at radius 2 is 2.11 bits per heavy atom. The Hall–Kier alpha value is -1.01. The molecular weight excluding hydrogens is 276 g/mol. The first-order valence-corrected chi connectivity index (χ1v) is 7.87. The third kappa shape index (κ3) is 3.05. The fraction of sp³-hybridized carbons (Fsp3) is 0.545. The lowest BCUT2D eigenvalue weighted by Gasteiger charge is -2.23. The predicted octanol–water partition coefficient (Wildman–Crippen LogP) is 1.82. The van der Waals surface area contributed by atoms with E-state index >= 15 is 0 Å². The molecule has 0 saturated carbocycles. The van der Waals surface area contributed by atoms with Gasteiger partial charge in [0.05, 0.1) is 0 Å². The predicted molar refractivity (Wildman–Crippen MR) is 70.3 cm³/mol. The Morgan fingerprint density at radius 3 is 2.50 bits per heavy atom. The van der Waals surface area contributed by atoms with E-state index in [9.17, 15) is 13.2 Å². The number of amides is 1. The number of nitrogens with zero attached hydrogens (tertiary/aromatic N) is 2. The number of carbonyl (C=O) groups is 1. The monoisotopic (exact) mass is 292 g/mol. The topological polar surface area (TPSA) is 59.4 Å². The summed E-state index contributed by atoms with van der Waals surface area (Å²) in [4.78, 5) is 13.7. The highest BCUT2D eigenvalue weighted by Gasteiger charge is 2.22. The van der Waals surface area contributed by atoms with E-state index in [1.54, 1.807) is 19.0 Å². The summed E-state index contributed by atoms with van der Waals surface area (Å²) < 4.78 is 23.9. The van der Waals surface area contributed by atoms with Crippen molar-refractivity contribution >= 4 is 25.6 Å². The van der Waals surface area contributed by atoms with Crippen molar-refractivity contribution in [1.29, 1.82) is 0 Å². The minimum absolute atomic E-state index is 0.0624. The second kappa shape index (κ2) is 5.32. The van der Waals surface area contributed by atoms with Crippen molar-refractivity contribution in [2.45, 2.75) is 31.2 Å². The van der Waals surface area contributed by atoms with Crippen LogP contribution < -0.4 is 0 Å². The Morgan fingerprint density at radius 1 is 1.56 bits per heavy atom. The van der Waals surface area contributed by atoms with Crippen molar-refractivity contribution in [1.82, 2.24) is 9.47 Å². The van der Waals surface area contributed by atoms with Gasteiger partial charge in [-0.25, -0.2) is 8.42 Å². The number of hydrogen-bond acceptors (Lipinski definition) is 3. The molecule has 1 unspecified atom stereocenters. The van der Waals surface area contributed by atoms with Crippen LogP contribution in [0.4, 0.5) is 0 Å². The van der Waals surface area contributed by atoms with Crippen LogP contribution in [0, 0.1) is 0 Å². The van der Waals surface area contributed by atoms with Gasteiger partial charge >= 0.3 is 0 Å². The summed E-state index contributed by atoms with van der Waals surface area (Å²) >= 11 is 0. The maximum Gasteiger partial charge on any atom is 0.270 e. The molecule has 0 saturated heterocycles. The van der Waals surface area contributed by atoms with Gasteiger partial charge in [-0.1, -0.05) is 6.92 Å². The van der Waals surface area contributed by atoms with E-state index in [1.165, 1.54) is 16.8 Å². The van der Waals surface area contributed by atoms with Crippen LogP contribution >= 0.6 is 10.7 Å². The molecule has 1 atom stereocenters. The molecule has 0 bridgehead atoms. The maximum absolute atomic E-state index is 12.2. The van der Waals surface area contributed by atoms with Crippen LogP contribution in [0.5, 0.6) is 0 Å². The Kier molecular flexibility index (Phi) is 4.45. The molecule has 5 nitrogen and oxygen atoms in total. The van der Waals surface area contributed by atoms with Gasteiger partial charge in [-0.3, -0.25) is 4.79 Å². The van der Waals surface area contributed by atoms with Gasteiger partial charge in [0.25, 0.3) is 15.0 Å². The summed E-state index contributed by atoms with van der Waals surface area (Å²) in [6, 6.07) is 1.38. The van der Waals surface area contributed by atoms with Crippen LogP contribution in [0.15, 0.2) is 17.2 Å². The van der Waals surface area contributed by atoms with Gasteiger partial charge < -0.3 is 9.47 Å². The first kappa shape index (κ1) is 15.0. The summed E-state index contributed by atoms with van der Waals surface area (Å²) in [5.41, 5.74) is 0.303. The van der Waals surface area contributed by atoms with Crippen LogP contribution in [-0.2, 0) is 16.1 Å². The van der Waals surface area contributed by atoms with Crippen molar-refractivity contribution in [2.75, 3.05) is 7.05 Å². The first-order valence-electron chi connectivity index (χ1n) is 5.56. The molecule has 1 aromatic heterocycles. The highest BCUT2D eigenvalue weighted by atomic mass is 35.7. The number of rotatable bonds is 4. The summed E-state index contributed by atoms with van der Waals surface area (Å²) in [6.07, 6.45) is 2.16. The van der Waals surface area contributed by atoms with Crippen molar-refractivity contribution in [2.24, 2.45) is 7.05 Å². The second-order valence-corrected chi connectivity index (χ2v) is 6.85. The smallest absolute Gasteiger partial charge is 0.270 e. The van der Waals surface area contributed by atoms with E-state index < -0.39 is 9.05 Å². The van der Waals surface area contributed by atoms with Crippen LogP contribution in [0.1, 0.15) is 30.8 Å². The average molecular weight is 293 g/mol. The van der Waals surface area contributed by atoms with Gasteiger partial charge in [0.1, 0.15) is 10.6 Å². The summed E-state index contributed by atoms with van der Waals surface area (Å²) in [7, 11) is 4.75. The van der Waals surface area contributed by atoms with Crippen LogP contribution in [0.3, 0.4) is 0 Å². The number of carbonyl (C=O) groups excluding carboxylic acids is 1. The van der Waals surface area contributed by atoms with Gasteiger partial charge in [0, 0.05) is 37.0 Å². The van der Waals surface area contributed by atoms with E-state index in [0.717, 1.165) is 6.42 Å². The van der Waals surface area contributed by atoms with E-state index in [2.05, 4.69) is 0 Å². The fourth-order valence-corrected chi connectivity index (χ4v) is 2.32. The van der Waals surface area contributed by atoms with Crippen molar-refractivity contribution in [3.63, 3.8) is 0 Å². The lowest BCUT2D eigenvalue weighted by molar-refractivity contribution is 0.0731. The largest absolute Gasteiger partial charge is 0.345 e. The standard InChI is InChI=1S/C11H17ClN2O3S/c1-5-8(2)14(4)11(15)10-6-9(7-13(10)3)18(12,16)17/h6-8H,5H2,1-4H3. The van der Waals surface area contributed by atoms with Crippen molar-refractivity contribution < 1.29 is 13.2 Å². The Balaban J connectivity index is 3.12. The molecule has 1 aromatic rings. The number of aromatic nitrogens is 1. The van der Waals surface area contributed by atoms with Gasteiger partial charge in [-0.2, -0.15) is 0 Å². The molecule has 1 heterocycles. The van der Waals surface area contributed by atoms with Gasteiger partial charge in [-0.05, 0) is 19.4 Å². The third-order valence-electron chi connectivity index (χ3n) is 3.05. The highest BCUT2D eigenvalue weighted by Crippen LogP contribution is 2.19. The normalized spacial score (nSPS) is 13.4. The van der Waals surface area contributed by atoms with E-state index in [1.807, 2.05) is 13.8 Å². The van der Waals surface area contributed by atoms with Crippen LogP contribution in [0.2, 0.25) is 0 Å². The Labute approximate surface area is 112 Å². The van der Waals surface area contributed by atoms with Gasteiger partial charge in [0.2, 0.25) is 0 Å². The molecule has 1 amide bonds. The molecule has 0 aliphatic carbocycles. The van der Waals surface area contributed by atoms with Gasteiger partial charge in [-0.15, -0.1) is 0 Å². The van der Waals surface area contributed by atoms with E-state index in [0.29, 0.717) is 5.69 Å². The molecule has 0 aromatic carbocycles. The molecule has 102 valence electrons. The Bertz CT molecular complexity index is 551. The third-order valence-corrected chi connectivity index (χ3v) is 4.37. The maximum atomic E-state index is 12.2. The molecule has 18 heavy (non-hydrogen) atoms. The molecule has 0 spiro atoms. The molecule has 0 N–H and O–H groups in total. The first-order chi connectivity index (χ1) is 8.18. The quantitative estimate of drug-likeness (QED) is 0.796. The number of aryl methyl sites for hydroxylation is 1. The average Bonchev–Trinajstić information content (AvgIpc) is 2.68. The molecule has 0 fully saturated rings. The van der Waals surface area contributed by atoms with Crippen LogP contribution in [-0.4, -0.2) is 36.9 Å². The number of halogens is 1. The highest BCUT2D eigenvalue weighted by molar-refractivity contribution is 8.13. The van der Waals surface area contributed by atoms with E-state index in [-0.39, 0.29) is 16.8 Å². The van der Waals surface area contributed by atoms with Crippen molar-refractivity contribution in [3.8, 4) is 0 Å². The molecule has 0 aliphatic rings. The molecule has 7 heteroatoms. The lowest BCUT2D eigenvalue weighted by atomic mass is 10.2. The molecule has 0 aliphatic heterocycles. The minimum atomic E-state index is -3.81. The van der Waals surface area contributed by atoms with Crippen LogP contribution in [0.25, 0.3) is 0 Å².